The molecule has 0 saturated carbocycles. The zero-order chi connectivity index (χ0) is 19.9. The molecule has 2 amide bonds. The first-order valence-corrected chi connectivity index (χ1v) is 9.83. The Hall–Kier alpha value is -1.54. The van der Waals surface area contributed by atoms with E-state index in [0.29, 0.717) is 43.9 Å². The molecule has 148 valence electrons. The van der Waals surface area contributed by atoms with Crippen LogP contribution < -0.4 is 4.74 Å². The van der Waals surface area contributed by atoms with E-state index in [4.69, 9.17) is 21.1 Å². The largest absolute Gasteiger partial charge is 0.479 e. The van der Waals surface area contributed by atoms with Crippen molar-refractivity contribution in [2.45, 2.75) is 38.9 Å². The lowest BCUT2D eigenvalue weighted by atomic mass is 10.1. The van der Waals surface area contributed by atoms with Gasteiger partial charge in [0.15, 0.2) is 11.9 Å². The molecule has 1 atom stereocenters. The van der Waals surface area contributed by atoms with Gasteiger partial charge in [0, 0.05) is 38.2 Å². The van der Waals surface area contributed by atoms with E-state index >= 15 is 0 Å². The minimum absolute atomic E-state index is 0.0108. The Morgan fingerprint density at radius 3 is 2.44 bits per heavy atom. The summed E-state index contributed by atoms with van der Waals surface area (Å²) in [7, 11) is 0. The van der Waals surface area contributed by atoms with Crippen molar-refractivity contribution < 1.29 is 23.5 Å². The van der Waals surface area contributed by atoms with E-state index in [1.54, 1.807) is 9.80 Å². The first-order valence-electron chi connectivity index (χ1n) is 8.66. The quantitative estimate of drug-likeness (QED) is 0.597. The maximum Gasteiger partial charge on any atom is 0.410 e. The highest BCUT2D eigenvalue weighted by molar-refractivity contribution is 9.10. The van der Waals surface area contributed by atoms with Crippen LogP contribution in [0.5, 0.6) is 5.75 Å². The summed E-state index contributed by atoms with van der Waals surface area (Å²) in [6.07, 6.45) is -0.769. The van der Waals surface area contributed by atoms with Crippen LogP contribution in [0.2, 0.25) is 5.02 Å². The molecule has 3 rings (SSSR count). The molecule has 0 N–H and O–H groups in total. The zero-order valence-electron chi connectivity index (χ0n) is 15.4. The number of carbonyl (C=O) groups excluding carboxylic acids is 2. The van der Waals surface area contributed by atoms with E-state index in [2.05, 4.69) is 15.9 Å². The monoisotopic (exact) mass is 462 g/mol. The molecular weight excluding hydrogens is 443 g/mol. The summed E-state index contributed by atoms with van der Waals surface area (Å²) in [5, 5.41) is -0.0108. The van der Waals surface area contributed by atoms with E-state index < -0.39 is 17.5 Å². The first kappa shape index (κ1) is 20.2. The van der Waals surface area contributed by atoms with Crippen LogP contribution in [0.4, 0.5) is 9.18 Å². The number of nitrogens with zero attached hydrogens (tertiary/aromatic N) is 2. The van der Waals surface area contributed by atoms with E-state index in [-0.39, 0.29) is 21.5 Å². The van der Waals surface area contributed by atoms with Crippen molar-refractivity contribution in [3.05, 3.63) is 26.9 Å². The normalized spacial score (nSPS) is 19.6. The summed E-state index contributed by atoms with van der Waals surface area (Å²) in [5.41, 5.74) is 0.135. The molecule has 1 unspecified atom stereocenters. The molecule has 6 nitrogen and oxygen atoms in total. The van der Waals surface area contributed by atoms with E-state index in [0.717, 1.165) is 0 Å². The van der Waals surface area contributed by atoms with Gasteiger partial charge in [0.2, 0.25) is 0 Å². The van der Waals surface area contributed by atoms with Gasteiger partial charge in [0.05, 0.1) is 9.50 Å². The summed E-state index contributed by atoms with van der Waals surface area (Å²) in [6.45, 7) is 7.01. The van der Waals surface area contributed by atoms with Crippen LogP contribution in [0.15, 0.2) is 10.5 Å². The maximum atomic E-state index is 13.9. The Balaban J connectivity index is 1.59. The number of benzene rings is 1. The van der Waals surface area contributed by atoms with Crippen molar-refractivity contribution in [2.75, 3.05) is 26.2 Å². The molecule has 2 heterocycles. The highest BCUT2D eigenvalue weighted by Gasteiger charge is 2.37. The third kappa shape index (κ3) is 4.32. The lowest BCUT2D eigenvalue weighted by Crippen LogP contribution is -2.54. The van der Waals surface area contributed by atoms with Gasteiger partial charge >= 0.3 is 6.09 Å². The topological polar surface area (TPSA) is 59.1 Å². The number of piperazine rings is 1. The van der Waals surface area contributed by atoms with E-state index in [9.17, 15) is 14.0 Å². The van der Waals surface area contributed by atoms with Crippen LogP contribution >= 0.6 is 27.5 Å². The van der Waals surface area contributed by atoms with E-state index in [1.807, 2.05) is 20.8 Å². The van der Waals surface area contributed by atoms with Crippen LogP contribution in [-0.4, -0.2) is 59.7 Å². The Morgan fingerprint density at radius 1 is 1.26 bits per heavy atom. The van der Waals surface area contributed by atoms with Crippen LogP contribution in [-0.2, 0) is 16.0 Å². The summed E-state index contributed by atoms with van der Waals surface area (Å²) in [4.78, 5) is 28.1. The lowest BCUT2D eigenvalue weighted by molar-refractivity contribution is -0.139. The fourth-order valence-corrected chi connectivity index (χ4v) is 3.97. The third-order valence-electron chi connectivity index (χ3n) is 4.38. The molecule has 27 heavy (non-hydrogen) atoms. The molecule has 9 heteroatoms. The minimum Gasteiger partial charge on any atom is -0.479 e. The predicted molar refractivity (Wildman–Crippen MR) is 102 cm³/mol. The van der Waals surface area contributed by atoms with Gasteiger partial charge in [-0.2, -0.15) is 0 Å². The Morgan fingerprint density at radius 2 is 1.85 bits per heavy atom. The van der Waals surface area contributed by atoms with Crippen molar-refractivity contribution >= 4 is 39.5 Å². The fraction of sp³-hybridized carbons (Fsp3) is 0.556. The summed E-state index contributed by atoms with van der Waals surface area (Å²) >= 11 is 8.99. The smallest absolute Gasteiger partial charge is 0.410 e. The summed E-state index contributed by atoms with van der Waals surface area (Å²) in [5.74, 6) is -0.462. The van der Waals surface area contributed by atoms with Gasteiger partial charge in [0.1, 0.15) is 11.4 Å². The maximum absolute atomic E-state index is 13.9. The number of amides is 2. The number of fused-ring (bicyclic) bond motifs is 1. The molecular formula is C18H21BrClFN2O4. The van der Waals surface area contributed by atoms with Gasteiger partial charge < -0.3 is 19.3 Å². The molecule has 1 aromatic carbocycles. The minimum atomic E-state index is -0.720. The van der Waals surface area contributed by atoms with Crippen LogP contribution in [0.3, 0.4) is 0 Å². The highest BCUT2D eigenvalue weighted by Crippen LogP contribution is 2.41. The van der Waals surface area contributed by atoms with Crippen LogP contribution in [0.25, 0.3) is 0 Å². The molecule has 1 aromatic rings. The molecule has 2 aliphatic rings. The second-order valence-corrected chi connectivity index (χ2v) is 8.78. The zero-order valence-corrected chi connectivity index (χ0v) is 17.7. The number of ether oxygens (including phenoxy) is 2. The van der Waals surface area contributed by atoms with Crippen molar-refractivity contribution in [2.24, 2.45) is 0 Å². The highest BCUT2D eigenvalue weighted by atomic mass is 79.9. The summed E-state index contributed by atoms with van der Waals surface area (Å²) in [6, 6.07) is 1.49. The van der Waals surface area contributed by atoms with Crippen molar-refractivity contribution in [3.8, 4) is 5.75 Å². The number of rotatable bonds is 1. The molecule has 0 aliphatic carbocycles. The predicted octanol–water partition coefficient (Wildman–Crippen LogP) is 3.62. The van der Waals surface area contributed by atoms with Gasteiger partial charge in [-0.25, -0.2) is 9.18 Å². The fourth-order valence-electron chi connectivity index (χ4n) is 3.07. The molecule has 0 bridgehead atoms. The Kier molecular flexibility index (Phi) is 5.59. The van der Waals surface area contributed by atoms with Gasteiger partial charge in [0.25, 0.3) is 5.91 Å². The van der Waals surface area contributed by atoms with Crippen molar-refractivity contribution in [1.29, 1.82) is 0 Å². The first-order chi connectivity index (χ1) is 12.6. The lowest BCUT2D eigenvalue weighted by Gasteiger charge is -2.36. The summed E-state index contributed by atoms with van der Waals surface area (Å²) < 4.78 is 25.1. The van der Waals surface area contributed by atoms with Crippen molar-refractivity contribution in [1.82, 2.24) is 9.80 Å². The second-order valence-electron chi connectivity index (χ2n) is 7.58. The molecule has 2 aliphatic heterocycles. The van der Waals surface area contributed by atoms with Gasteiger partial charge in [-0.15, -0.1) is 0 Å². The van der Waals surface area contributed by atoms with Crippen LogP contribution in [0, 0.1) is 5.82 Å². The average molecular weight is 464 g/mol. The standard InChI is InChI=1S/C18H21BrClFN2O4/c1-18(2,3)27-17(25)23-6-4-22(5-7-23)16(24)12-9-10-8-11(20)14(21)13(19)15(10)26-12/h8,12H,4-7,9H2,1-3H3. The second kappa shape index (κ2) is 7.47. The molecule has 1 fully saturated rings. The Labute approximate surface area is 170 Å². The molecule has 0 spiro atoms. The molecule has 0 aromatic heterocycles. The number of hydrogen-bond donors (Lipinski definition) is 0. The number of halogens is 3. The molecule has 0 radical (unpaired) electrons. The SMILES string of the molecule is CC(C)(C)OC(=O)N1CCN(C(=O)C2Cc3cc(Cl)c(F)c(Br)c3O2)CC1. The van der Waals surface area contributed by atoms with E-state index in [1.165, 1.54) is 6.07 Å². The third-order valence-corrected chi connectivity index (χ3v) is 5.36. The van der Waals surface area contributed by atoms with Gasteiger partial charge in [-0.1, -0.05) is 11.6 Å². The number of carbonyl (C=O) groups is 2. The number of hydrogen-bond acceptors (Lipinski definition) is 4. The molecule has 1 saturated heterocycles. The van der Waals surface area contributed by atoms with Crippen LogP contribution in [0.1, 0.15) is 26.3 Å². The Bertz CT molecular complexity index is 776. The van der Waals surface area contributed by atoms with Crippen molar-refractivity contribution in [3.63, 3.8) is 0 Å². The average Bonchev–Trinajstić information content (AvgIpc) is 3.02. The van der Waals surface area contributed by atoms with Gasteiger partial charge in [-0.05, 0) is 42.8 Å². The van der Waals surface area contributed by atoms with Gasteiger partial charge in [-0.3, -0.25) is 4.79 Å².